The maximum atomic E-state index is 13.0. The second-order valence-electron chi connectivity index (χ2n) is 32.7. The van der Waals surface area contributed by atoms with Crippen LogP contribution >= 0.6 is 7.82 Å². The third kappa shape index (κ3) is 88.6. The molecule has 0 spiro atoms. The fourth-order valence-corrected chi connectivity index (χ4v) is 14.9. The van der Waals surface area contributed by atoms with E-state index in [1.807, 2.05) is 21.1 Å². The van der Waals surface area contributed by atoms with E-state index in [0.717, 1.165) is 64.2 Å². The van der Waals surface area contributed by atoms with Crippen LogP contribution in [0.3, 0.4) is 0 Å². The number of phosphoric ester groups is 1. The van der Waals surface area contributed by atoms with Gasteiger partial charge in [0.1, 0.15) is 19.8 Å². The van der Waals surface area contributed by atoms with Crippen LogP contribution in [0.15, 0.2) is 60.8 Å². The number of phosphoric acid groups is 1. The van der Waals surface area contributed by atoms with E-state index >= 15 is 0 Å². The molecule has 0 aliphatic heterocycles. The number of esters is 2. The molecule has 0 radical (unpaired) electrons. The van der Waals surface area contributed by atoms with E-state index in [1.165, 1.54) is 379 Å². The molecule has 0 saturated heterocycles. The van der Waals surface area contributed by atoms with Crippen molar-refractivity contribution in [1.29, 1.82) is 0 Å². The summed E-state index contributed by atoms with van der Waals surface area (Å²) in [7, 11) is 1.50. The van der Waals surface area contributed by atoms with Crippen molar-refractivity contribution in [1.82, 2.24) is 0 Å². The lowest BCUT2D eigenvalue weighted by Crippen LogP contribution is -2.37. The van der Waals surface area contributed by atoms with Crippen LogP contribution in [-0.4, -0.2) is 74.9 Å². The van der Waals surface area contributed by atoms with Crippen LogP contribution in [0, 0.1) is 0 Å². The number of allylic oxidation sites excluding steroid dienone is 10. The quantitative estimate of drug-likeness (QED) is 0.0211. The fourth-order valence-electron chi connectivity index (χ4n) is 14.1. The average Bonchev–Trinajstić information content (AvgIpc) is 0.915. The number of hydrogen-bond donors (Lipinski definition) is 1. The Kier molecular flexibility index (Phi) is 82.9. The lowest BCUT2D eigenvalue weighted by atomic mass is 10.0. The lowest BCUT2D eigenvalue weighted by Gasteiger charge is -2.24. The van der Waals surface area contributed by atoms with E-state index in [0.29, 0.717) is 23.9 Å². The molecule has 1 N–H and O–H groups in total. The Bertz CT molecular complexity index is 1940. The molecule has 0 bridgehead atoms. The van der Waals surface area contributed by atoms with Crippen molar-refractivity contribution < 1.29 is 42.1 Å². The molecular weight excluding hydrogens is 1300 g/mol. The number of rotatable bonds is 87. The van der Waals surface area contributed by atoms with E-state index in [4.69, 9.17) is 18.5 Å². The summed E-state index contributed by atoms with van der Waals surface area (Å²) < 4.78 is 34.9. The van der Waals surface area contributed by atoms with E-state index in [2.05, 4.69) is 74.6 Å². The van der Waals surface area contributed by atoms with Crippen LogP contribution in [0.25, 0.3) is 0 Å². The van der Waals surface area contributed by atoms with Crippen molar-refractivity contribution >= 4 is 19.8 Å². The van der Waals surface area contributed by atoms with Gasteiger partial charge in [0.25, 0.3) is 0 Å². The molecule has 0 amide bonds. The summed E-state index contributed by atoms with van der Waals surface area (Å²) in [4.78, 5) is 36.1. The number of carbonyl (C=O) groups excluding carboxylic acids is 2. The highest BCUT2D eigenvalue weighted by atomic mass is 31.2. The molecule has 9 nitrogen and oxygen atoms in total. The molecule has 10 heteroatoms. The number of unbranched alkanes of at least 4 members (excludes halogenated alkanes) is 63. The zero-order chi connectivity index (χ0) is 75.4. The molecular formula is C94H179NO8P+. The summed E-state index contributed by atoms with van der Waals surface area (Å²) >= 11 is 0. The van der Waals surface area contributed by atoms with Crippen LogP contribution in [0.4, 0.5) is 0 Å². The number of carbonyl (C=O) groups is 2. The molecule has 0 aromatic rings. The Morgan fingerprint density at radius 3 is 0.817 bits per heavy atom. The van der Waals surface area contributed by atoms with E-state index in [1.54, 1.807) is 0 Å². The summed E-state index contributed by atoms with van der Waals surface area (Å²) in [6.45, 7) is 4.41. The Morgan fingerprint density at radius 1 is 0.308 bits per heavy atom. The van der Waals surface area contributed by atoms with Crippen molar-refractivity contribution in [3.8, 4) is 0 Å². The first-order chi connectivity index (χ1) is 51.0. The third-order valence-electron chi connectivity index (χ3n) is 21.1. The zero-order valence-electron chi connectivity index (χ0n) is 70.3. The van der Waals surface area contributed by atoms with Crippen molar-refractivity contribution in [2.75, 3.05) is 47.5 Å². The van der Waals surface area contributed by atoms with E-state index in [-0.39, 0.29) is 25.6 Å². The van der Waals surface area contributed by atoms with Crippen molar-refractivity contribution in [3.05, 3.63) is 60.8 Å². The molecule has 0 fully saturated rings. The smallest absolute Gasteiger partial charge is 0.462 e. The van der Waals surface area contributed by atoms with Crippen LogP contribution in [0.5, 0.6) is 0 Å². The molecule has 0 aromatic carbocycles. The van der Waals surface area contributed by atoms with Crippen LogP contribution in [-0.2, 0) is 32.7 Å². The minimum absolute atomic E-state index is 0.0349. The molecule has 0 saturated carbocycles. The topological polar surface area (TPSA) is 108 Å². The maximum Gasteiger partial charge on any atom is 0.472 e. The minimum atomic E-state index is -4.40. The van der Waals surface area contributed by atoms with Crippen LogP contribution in [0.1, 0.15) is 476 Å². The second kappa shape index (κ2) is 84.7. The Morgan fingerprint density at radius 2 is 0.548 bits per heavy atom. The zero-order valence-corrected chi connectivity index (χ0v) is 71.2. The van der Waals surface area contributed by atoms with Gasteiger partial charge < -0.3 is 18.9 Å². The van der Waals surface area contributed by atoms with Gasteiger partial charge in [0.2, 0.25) is 0 Å². The summed E-state index contributed by atoms with van der Waals surface area (Å²) in [6, 6.07) is 0. The fraction of sp³-hybridized carbons (Fsp3) is 0.872. The van der Waals surface area contributed by atoms with Gasteiger partial charge in [-0.25, -0.2) is 4.57 Å². The normalized spacial score (nSPS) is 13.2. The summed E-state index contributed by atoms with van der Waals surface area (Å²) in [6.07, 6.45) is 116. The summed E-state index contributed by atoms with van der Waals surface area (Å²) in [5, 5.41) is 0. The number of ether oxygens (including phenoxy) is 2. The molecule has 2 unspecified atom stereocenters. The third-order valence-corrected chi connectivity index (χ3v) is 22.0. The van der Waals surface area contributed by atoms with Gasteiger partial charge in [-0.1, -0.05) is 466 Å². The molecule has 2 atom stereocenters. The van der Waals surface area contributed by atoms with Gasteiger partial charge in [-0.2, -0.15) is 0 Å². The standard InChI is InChI=1S/C94H178NO8P/c1-6-8-10-12-14-16-18-20-22-24-26-28-30-32-34-36-38-40-42-44-46-47-49-50-52-54-56-58-60-62-64-66-68-70-72-74-76-78-80-82-84-86-93(96)100-90-92(91-102-104(98,99)101-89-88-95(3,4)5)103-94(97)87-85-83-81-79-77-75-73-71-69-67-65-63-61-59-57-55-53-51-48-45-43-41-39-37-35-33-31-29-27-25-23-21-19-17-15-13-11-9-7-2/h9,11,15,17,21,23,27,29,33,35,92H,6-8,10,12-14,16,18-20,22,24-26,28,30-32,34,36-91H2,1-5H3/p+1/b11-9-,17-15-,23-21-,29-27-,35-33-. The second-order valence-corrected chi connectivity index (χ2v) is 34.1. The maximum absolute atomic E-state index is 13.0. The van der Waals surface area contributed by atoms with Gasteiger partial charge in [-0.3, -0.25) is 18.6 Å². The number of nitrogens with zero attached hydrogens (tertiary/aromatic N) is 1. The van der Waals surface area contributed by atoms with Gasteiger partial charge >= 0.3 is 19.8 Å². The first-order valence-electron chi connectivity index (χ1n) is 46.0. The number of quaternary nitrogens is 1. The highest BCUT2D eigenvalue weighted by molar-refractivity contribution is 7.47. The molecule has 0 aliphatic carbocycles. The number of hydrogen-bond acceptors (Lipinski definition) is 7. The summed E-state index contributed by atoms with van der Waals surface area (Å²) in [5.74, 6) is -0.769. The molecule has 0 heterocycles. The number of likely N-dealkylation sites (N-methyl/N-ethyl adjacent to an activating group) is 1. The Labute approximate surface area is 648 Å². The highest BCUT2D eigenvalue weighted by Crippen LogP contribution is 2.43. The molecule has 0 rings (SSSR count). The largest absolute Gasteiger partial charge is 0.472 e. The van der Waals surface area contributed by atoms with Crippen molar-refractivity contribution in [2.24, 2.45) is 0 Å². The molecule has 612 valence electrons. The van der Waals surface area contributed by atoms with Crippen molar-refractivity contribution in [2.45, 2.75) is 482 Å². The monoisotopic (exact) mass is 1480 g/mol. The van der Waals surface area contributed by atoms with E-state index < -0.39 is 26.5 Å². The van der Waals surface area contributed by atoms with Crippen LogP contribution in [0.2, 0.25) is 0 Å². The van der Waals surface area contributed by atoms with Gasteiger partial charge in [0.05, 0.1) is 27.7 Å². The molecule has 0 aliphatic rings. The van der Waals surface area contributed by atoms with Gasteiger partial charge in [0, 0.05) is 12.8 Å². The first-order valence-corrected chi connectivity index (χ1v) is 47.5. The average molecular weight is 1480 g/mol. The van der Waals surface area contributed by atoms with Crippen LogP contribution < -0.4 is 0 Å². The van der Waals surface area contributed by atoms with Gasteiger partial charge in [-0.05, 0) is 57.8 Å². The summed E-state index contributed by atoms with van der Waals surface area (Å²) in [5.41, 5.74) is 0. The van der Waals surface area contributed by atoms with Gasteiger partial charge in [-0.15, -0.1) is 0 Å². The molecule has 104 heavy (non-hydrogen) atoms. The lowest BCUT2D eigenvalue weighted by molar-refractivity contribution is -0.870. The highest BCUT2D eigenvalue weighted by Gasteiger charge is 2.27. The Balaban J connectivity index is 3.82. The molecule has 0 aromatic heterocycles. The first kappa shape index (κ1) is 102. The van der Waals surface area contributed by atoms with Crippen molar-refractivity contribution in [3.63, 3.8) is 0 Å². The predicted octanol–water partition coefficient (Wildman–Crippen LogP) is 31.2. The van der Waals surface area contributed by atoms with E-state index in [9.17, 15) is 19.0 Å². The van der Waals surface area contributed by atoms with Gasteiger partial charge in [0.15, 0.2) is 6.10 Å². The SMILES string of the molecule is CC/C=C\C/C=C\C/C=C\C/C=C\C/C=C\CCCCCCCCCCCCCCCCCCCCCCCCCC(=O)OC(COC(=O)CCCCCCCCCCCCCCCCCCCCCCCCCCCCCCCCCCCCCCCCCCC)COP(=O)(O)OCC[N+](C)(C)C. The predicted molar refractivity (Wildman–Crippen MR) is 455 cm³/mol. The minimum Gasteiger partial charge on any atom is -0.462 e. The Hall–Kier alpha value is -2.29.